The van der Waals surface area contributed by atoms with E-state index in [1.807, 2.05) is 6.07 Å². The first-order chi connectivity index (χ1) is 21.6. The first-order valence-electron chi connectivity index (χ1n) is 15.4. The summed E-state index contributed by atoms with van der Waals surface area (Å²) in [5.74, 6) is 0. The molecule has 0 spiro atoms. The van der Waals surface area contributed by atoms with Crippen LogP contribution < -0.4 is 0 Å². The number of para-hydroxylation sites is 1. The maximum Gasteiger partial charge on any atom is 0.143 e. The lowest BCUT2D eigenvalue weighted by atomic mass is 9.81. The highest BCUT2D eigenvalue weighted by Gasteiger charge is 2.38. The van der Waals surface area contributed by atoms with E-state index in [4.69, 9.17) is 4.42 Å². The maximum atomic E-state index is 6.52. The van der Waals surface area contributed by atoms with Crippen molar-refractivity contribution in [3.63, 3.8) is 0 Å². The zero-order chi connectivity index (χ0) is 29.2. The van der Waals surface area contributed by atoms with E-state index in [2.05, 4.69) is 141 Å². The van der Waals surface area contributed by atoms with Gasteiger partial charge < -0.3 is 4.42 Å². The average Bonchev–Trinajstić information content (AvgIpc) is 3.56. The van der Waals surface area contributed by atoms with Gasteiger partial charge >= 0.3 is 0 Å². The van der Waals surface area contributed by atoms with E-state index in [0.29, 0.717) is 0 Å². The molecule has 0 amide bonds. The van der Waals surface area contributed by atoms with E-state index in [0.717, 1.165) is 11.2 Å². The molecule has 0 aliphatic heterocycles. The van der Waals surface area contributed by atoms with Crippen LogP contribution in [0.1, 0.15) is 25.0 Å². The molecule has 206 valence electrons. The zero-order valence-electron chi connectivity index (χ0n) is 24.6. The van der Waals surface area contributed by atoms with E-state index < -0.39 is 0 Å². The summed E-state index contributed by atoms with van der Waals surface area (Å²) in [5, 5.41) is 10.3. The fourth-order valence-electron chi connectivity index (χ4n) is 8.09. The SMILES string of the molecule is CC1(C)c2cc(-c3ccc4ccc5c(-c6ccccc6)ccc6ccc3c4c65)ccc2-c2c1ccc1c2oc2ccccc21. The van der Waals surface area contributed by atoms with Gasteiger partial charge in [-0.05, 0) is 83.4 Å². The summed E-state index contributed by atoms with van der Waals surface area (Å²) >= 11 is 0. The Hall–Kier alpha value is -5.40. The standard InChI is InChI=1S/C43H28O/c1-43(2)36-23-22-34-31-10-6-7-11-38(31)44-42(34)41(36)35-21-16-28(24-37(35)43)30-18-13-27-14-19-32-29(25-8-4-3-5-9-25)17-12-26-15-20-33(30)40(27)39(26)32/h3-24H,1-2H3. The van der Waals surface area contributed by atoms with Gasteiger partial charge in [-0.2, -0.15) is 0 Å². The van der Waals surface area contributed by atoms with Crippen molar-refractivity contribution in [2.75, 3.05) is 0 Å². The normalized spacial score (nSPS) is 13.9. The molecule has 0 fully saturated rings. The van der Waals surface area contributed by atoms with Crippen molar-refractivity contribution in [3.05, 3.63) is 145 Å². The molecule has 0 atom stereocenters. The Balaban J connectivity index is 1.21. The summed E-state index contributed by atoms with van der Waals surface area (Å²) in [6, 6.07) is 49.2. The predicted octanol–water partition coefficient (Wildman–Crippen LogP) is 12.1. The Morgan fingerprint density at radius 3 is 1.82 bits per heavy atom. The molecular weight excluding hydrogens is 532 g/mol. The third-order valence-corrected chi connectivity index (χ3v) is 10.2. The van der Waals surface area contributed by atoms with Crippen LogP contribution in [0, 0.1) is 0 Å². The molecule has 1 aromatic heterocycles. The lowest BCUT2D eigenvalue weighted by Crippen LogP contribution is -2.14. The molecule has 0 unspecified atom stereocenters. The molecular formula is C43H28O. The van der Waals surface area contributed by atoms with Crippen molar-refractivity contribution in [2.24, 2.45) is 0 Å². The smallest absolute Gasteiger partial charge is 0.143 e. The summed E-state index contributed by atoms with van der Waals surface area (Å²) in [7, 11) is 0. The minimum absolute atomic E-state index is 0.137. The molecule has 0 N–H and O–H groups in total. The zero-order valence-corrected chi connectivity index (χ0v) is 24.6. The minimum atomic E-state index is -0.137. The largest absolute Gasteiger partial charge is 0.455 e. The van der Waals surface area contributed by atoms with E-state index in [1.165, 1.54) is 87.6 Å². The highest BCUT2D eigenvalue weighted by Crippen LogP contribution is 2.53. The second kappa shape index (κ2) is 8.36. The molecule has 0 radical (unpaired) electrons. The van der Waals surface area contributed by atoms with Gasteiger partial charge in [-0.1, -0.05) is 135 Å². The molecule has 1 heteroatoms. The molecule has 44 heavy (non-hydrogen) atoms. The van der Waals surface area contributed by atoms with Gasteiger partial charge in [0.1, 0.15) is 11.2 Å². The Morgan fingerprint density at radius 1 is 0.455 bits per heavy atom. The number of hydrogen-bond acceptors (Lipinski definition) is 1. The molecule has 8 aromatic carbocycles. The van der Waals surface area contributed by atoms with Crippen LogP contribution in [0.5, 0.6) is 0 Å². The number of rotatable bonds is 2. The van der Waals surface area contributed by atoms with E-state index >= 15 is 0 Å². The predicted molar refractivity (Wildman–Crippen MR) is 186 cm³/mol. The summed E-state index contributed by atoms with van der Waals surface area (Å²) in [5.41, 5.74) is 12.1. The second-order valence-corrected chi connectivity index (χ2v) is 12.9. The van der Waals surface area contributed by atoms with Gasteiger partial charge in [0.25, 0.3) is 0 Å². The first-order valence-corrected chi connectivity index (χ1v) is 15.4. The summed E-state index contributed by atoms with van der Waals surface area (Å²) in [6.45, 7) is 4.70. The van der Waals surface area contributed by atoms with Crippen molar-refractivity contribution < 1.29 is 4.42 Å². The molecule has 9 aromatic rings. The monoisotopic (exact) mass is 560 g/mol. The van der Waals surface area contributed by atoms with Gasteiger partial charge in [0.15, 0.2) is 0 Å². The van der Waals surface area contributed by atoms with Crippen LogP contribution in [-0.4, -0.2) is 0 Å². The van der Waals surface area contributed by atoms with Crippen molar-refractivity contribution in [1.29, 1.82) is 0 Å². The minimum Gasteiger partial charge on any atom is -0.455 e. The number of benzene rings is 8. The van der Waals surface area contributed by atoms with Crippen molar-refractivity contribution in [1.82, 2.24) is 0 Å². The topological polar surface area (TPSA) is 13.1 Å². The highest BCUT2D eigenvalue weighted by atomic mass is 16.3. The molecule has 0 saturated heterocycles. The number of hydrogen-bond donors (Lipinski definition) is 0. The third kappa shape index (κ3) is 3.04. The third-order valence-electron chi connectivity index (χ3n) is 10.2. The van der Waals surface area contributed by atoms with Crippen LogP contribution in [0.2, 0.25) is 0 Å². The summed E-state index contributed by atoms with van der Waals surface area (Å²) in [6.07, 6.45) is 0. The van der Waals surface area contributed by atoms with Gasteiger partial charge in [-0.3, -0.25) is 0 Å². The second-order valence-electron chi connectivity index (χ2n) is 12.9. The average molecular weight is 561 g/mol. The first kappa shape index (κ1) is 24.1. The van der Waals surface area contributed by atoms with Crippen LogP contribution in [-0.2, 0) is 5.41 Å². The van der Waals surface area contributed by atoms with E-state index in [9.17, 15) is 0 Å². The Morgan fingerprint density at radius 2 is 1.07 bits per heavy atom. The molecule has 0 saturated carbocycles. The van der Waals surface area contributed by atoms with Crippen LogP contribution in [0.4, 0.5) is 0 Å². The molecule has 1 heterocycles. The number of fused-ring (bicyclic) bond motifs is 7. The quantitative estimate of drug-likeness (QED) is 0.192. The number of furan rings is 1. The lowest BCUT2D eigenvalue weighted by Gasteiger charge is -2.22. The highest BCUT2D eigenvalue weighted by molar-refractivity contribution is 6.27. The van der Waals surface area contributed by atoms with Crippen LogP contribution >= 0.6 is 0 Å². The molecule has 1 nitrogen and oxygen atoms in total. The van der Waals surface area contributed by atoms with E-state index in [1.54, 1.807) is 0 Å². The fourth-order valence-corrected chi connectivity index (χ4v) is 8.09. The van der Waals surface area contributed by atoms with Crippen molar-refractivity contribution in [3.8, 4) is 33.4 Å². The summed E-state index contributed by atoms with van der Waals surface area (Å²) < 4.78 is 6.52. The molecule has 0 bridgehead atoms. The van der Waals surface area contributed by atoms with Gasteiger partial charge in [0.2, 0.25) is 0 Å². The fraction of sp³-hybridized carbons (Fsp3) is 0.0698. The van der Waals surface area contributed by atoms with Gasteiger partial charge in [0.05, 0.1) is 0 Å². The molecule has 1 aliphatic carbocycles. The Labute approximate surface area is 255 Å². The van der Waals surface area contributed by atoms with Crippen LogP contribution in [0.15, 0.2) is 138 Å². The van der Waals surface area contributed by atoms with Gasteiger partial charge in [-0.15, -0.1) is 0 Å². The van der Waals surface area contributed by atoms with Gasteiger partial charge in [-0.25, -0.2) is 0 Å². The van der Waals surface area contributed by atoms with Crippen LogP contribution in [0.3, 0.4) is 0 Å². The van der Waals surface area contributed by atoms with Gasteiger partial charge in [0, 0.05) is 21.8 Å². The summed E-state index contributed by atoms with van der Waals surface area (Å²) in [4.78, 5) is 0. The van der Waals surface area contributed by atoms with Crippen molar-refractivity contribution >= 4 is 54.3 Å². The molecule has 1 aliphatic rings. The lowest BCUT2D eigenvalue weighted by molar-refractivity contribution is 0.653. The molecule has 10 rings (SSSR count). The van der Waals surface area contributed by atoms with Crippen molar-refractivity contribution in [2.45, 2.75) is 19.3 Å². The maximum absolute atomic E-state index is 6.52. The Bertz CT molecular complexity index is 2620. The Kier molecular flexibility index (Phi) is 4.58. The van der Waals surface area contributed by atoms with Crippen LogP contribution in [0.25, 0.3) is 87.6 Å². The van der Waals surface area contributed by atoms with E-state index in [-0.39, 0.29) is 5.41 Å².